The van der Waals surface area contributed by atoms with Crippen LogP contribution in [-0.2, 0) is 4.74 Å². The molecule has 0 bridgehead atoms. The molecule has 2 N–H and O–H groups in total. The SMILES string of the molecule is CCCCCCC(C)OC1CC(N)C1(CC)CC. The molecule has 0 saturated heterocycles. The highest BCUT2D eigenvalue weighted by Crippen LogP contribution is 2.48. The molecule has 0 spiro atoms. The lowest BCUT2D eigenvalue weighted by atomic mass is 9.59. The first-order chi connectivity index (χ1) is 8.60. The van der Waals surface area contributed by atoms with Crippen LogP contribution < -0.4 is 5.73 Å². The summed E-state index contributed by atoms with van der Waals surface area (Å²) in [5.74, 6) is 0. The lowest BCUT2D eigenvalue weighted by Gasteiger charge is -2.54. The van der Waals surface area contributed by atoms with E-state index in [0.29, 0.717) is 18.2 Å². The van der Waals surface area contributed by atoms with Crippen LogP contribution in [0.4, 0.5) is 0 Å². The third-order valence-electron chi connectivity index (χ3n) is 5.02. The molecule has 3 unspecified atom stereocenters. The van der Waals surface area contributed by atoms with Crippen molar-refractivity contribution in [3.63, 3.8) is 0 Å². The molecule has 2 nitrogen and oxygen atoms in total. The molecule has 0 heterocycles. The van der Waals surface area contributed by atoms with Gasteiger partial charge >= 0.3 is 0 Å². The van der Waals surface area contributed by atoms with Crippen LogP contribution >= 0.6 is 0 Å². The summed E-state index contributed by atoms with van der Waals surface area (Å²) < 4.78 is 6.25. The van der Waals surface area contributed by atoms with E-state index in [-0.39, 0.29) is 5.41 Å². The van der Waals surface area contributed by atoms with Gasteiger partial charge in [0.1, 0.15) is 0 Å². The Kier molecular flexibility index (Phi) is 6.65. The summed E-state index contributed by atoms with van der Waals surface area (Å²) in [4.78, 5) is 0. The first-order valence-electron chi connectivity index (χ1n) is 8.01. The van der Waals surface area contributed by atoms with Gasteiger partial charge in [0.2, 0.25) is 0 Å². The van der Waals surface area contributed by atoms with Crippen LogP contribution in [0, 0.1) is 5.41 Å². The van der Waals surface area contributed by atoms with Gasteiger partial charge in [-0.1, -0.05) is 46.5 Å². The fourth-order valence-electron chi connectivity index (χ4n) is 3.41. The van der Waals surface area contributed by atoms with Gasteiger partial charge in [-0.15, -0.1) is 0 Å². The van der Waals surface area contributed by atoms with Crippen LogP contribution in [0.5, 0.6) is 0 Å². The van der Waals surface area contributed by atoms with Crippen molar-refractivity contribution in [3.8, 4) is 0 Å². The molecule has 1 rings (SSSR count). The number of hydrogen-bond acceptors (Lipinski definition) is 2. The Morgan fingerprint density at radius 1 is 1.17 bits per heavy atom. The quantitative estimate of drug-likeness (QED) is 0.625. The van der Waals surface area contributed by atoms with E-state index >= 15 is 0 Å². The predicted molar refractivity (Wildman–Crippen MR) is 78.7 cm³/mol. The molecule has 1 fully saturated rings. The Morgan fingerprint density at radius 2 is 1.83 bits per heavy atom. The van der Waals surface area contributed by atoms with Gasteiger partial charge in [-0.2, -0.15) is 0 Å². The second-order valence-electron chi connectivity index (χ2n) is 6.07. The molecule has 0 radical (unpaired) electrons. The Morgan fingerprint density at radius 3 is 2.33 bits per heavy atom. The molecular formula is C16H33NO. The fourth-order valence-corrected chi connectivity index (χ4v) is 3.41. The van der Waals surface area contributed by atoms with Crippen molar-refractivity contribution in [2.75, 3.05) is 0 Å². The van der Waals surface area contributed by atoms with Gasteiger partial charge in [-0.05, 0) is 32.6 Å². The summed E-state index contributed by atoms with van der Waals surface area (Å²) in [6.45, 7) is 8.99. The largest absolute Gasteiger partial charge is 0.375 e. The molecule has 0 amide bonds. The van der Waals surface area contributed by atoms with Gasteiger partial charge in [0, 0.05) is 11.5 Å². The number of nitrogens with two attached hydrogens (primary N) is 1. The van der Waals surface area contributed by atoms with Gasteiger partial charge < -0.3 is 10.5 Å². The second-order valence-corrected chi connectivity index (χ2v) is 6.07. The van der Waals surface area contributed by atoms with Crippen LogP contribution in [0.15, 0.2) is 0 Å². The molecule has 108 valence electrons. The zero-order chi connectivity index (χ0) is 13.6. The summed E-state index contributed by atoms with van der Waals surface area (Å²) in [7, 11) is 0. The first-order valence-corrected chi connectivity index (χ1v) is 8.01. The minimum absolute atomic E-state index is 0.262. The maximum atomic E-state index is 6.25. The maximum Gasteiger partial charge on any atom is 0.0664 e. The lowest BCUT2D eigenvalue weighted by molar-refractivity contribution is -0.156. The minimum atomic E-state index is 0.262. The number of hydrogen-bond donors (Lipinski definition) is 1. The van der Waals surface area contributed by atoms with E-state index < -0.39 is 0 Å². The summed E-state index contributed by atoms with van der Waals surface area (Å²) >= 11 is 0. The van der Waals surface area contributed by atoms with Crippen LogP contribution in [0.25, 0.3) is 0 Å². The van der Waals surface area contributed by atoms with Crippen molar-refractivity contribution in [3.05, 3.63) is 0 Å². The maximum absolute atomic E-state index is 6.25. The van der Waals surface area contributed by atoms with Crippen molar-refractivity contribution >= 4 is 0 Å². The van der Waals surface area contributed by atoms with Gasteiger partial charge in [-0.25, -0.2) is 0 Å². The zero-order valence-corrected chi connectivity index (χ0v) is 12.9. The molecule has 1 saturated carbocycles. The average molecular weight is 255 g/mol. The van der Waals surface area contributed by atoms with Gasteiger partial charge in [0.25, 0.3) is 0 Å². The molecule has 0 aromatic heterocycles. The van der Waals surface area contributed by atoms with E-state index in [2.05, 4.69) is 27.7 Å². The Labute approximate surface area is 114 Å². The summed E-state index contributed by atoms with van der Waals surface area (Å²) in [6, 6.07) is 0.352. The molecule has 0 aliphatic heterocycles. The zero-order valence-electron chi connectivity index (χ0n) is 12.9. The van der Waals surface area contributed by atoms with Crippen LogP contribution in [0.1, 0.15) is 79.1 Å². The average Bonchev–Trinajstić information content (AvgIpc) is 2.36. The van der Waals surface area contributed by atoms with Crippen molar-refractivity contribution in [1.82, 2.24) is 0 Å². The molecule has 0 aromatic carbocycles. The number of ether oxygens (including phenoxy) is 1. The van der Waals surface area contributed by atoms with E-state index in [9.17, 15) is 0 Å². The Bertz CT molecular complexity index is 225. The topological polar surface area (TPSA) is 35.2 Å². The van der Waals surface area contributed by atoms with Crippen molar-refractivity contribution in [2.24, 2.45) is 11.1 Å². The van der Waals surface area contributed by atoms with E-state index in [1.54, 1.807) is 0 Å². The van der Waals surface area contributed by atoms with E-state index in [1.165, 1.54) is 32.1 Å². The molecular weight excluding hydrogens is 222 g/mol. The number of unbranched alkanes of at least 4 members (excludes halogenated alkanes) is 3. The monoisotopic (exact) mass is 255 g/mol. The summed E-state index contributed by atoms with van der Waals surface area (Å²) in [5.41, 5.74) is 6.47. The standard InChI is InChI=1S/C16H33NO/c1-5-8-9-10-11-13(4)18-15-12-14(17)16(15,6-2)7-3/h13-15H,5-12,17H2,1-4H3. The Balaban J connectivity index is 2.29. The summed E-state index contributed by atoms with van der Waals surface area (Å²) in [6.07, 6.45) is 10.7. The smallest absolute Gasteiger partial charge is 0.0664 e. The molecule has 1 aliphatic rings. The van der Waals surface area contributed by atoms with E-state index in [1.807, 2.05) is 0 Å². The fraction of sp³-hybridized carbons (Fsp3) is 1.00. The number of rotatable bonds is 9. The normalized spacial score (nSPS) is 27.8. The van der Waals surface area contributed by atoms with E-state index in [4.69, 9.17) is 10.5 Å². The third-order valence-corrected chi connectivity index (χ3v) is 5.02. The van der Waals surface area contributed by atoms with Crippen LogP contribution in [-0.4, -0.2) is 18.2 Å². The van der Waals surface area contributed by atoms with Crippen LogP contribution in [0.3, 0.4) is 0 Å². The molecule has 1 aliphatic carbocycles. The van der Waals surface area contributed by atoms with Crippen molar-refractivity contribution < 1.29 is 4.74 Å². The Hall–Kier alpha value is -0.0800. The molecule has 2 heteroatoms. The highest BCUT2D eigenvalue weighted by atomic mass is 16.5. The predicted octanol–water partition coefficient (Wildman–Crippen LogP) is 4.27. The lowest BCUT2D eigenvalue weighted by Crippen LogP contribution is -2.62. The second kappa shape index (κ2) is 7.49. The first kappa shape index (κ1) is 16.0. The van der Waals surface area contributed by atoms with Gasteiger partial charge in [0.15, 0.2) is 0 Å². The highest BCUT2D eigenvalue weighted by Gasteiger charge is 2.51. The minimum Gasteiger partial charge on any atom is -0.375 e. The molecule has 18 heavy (non-hydrogen) atoms. The molecule has 3 atom stereocenters. The van der Waals surface area contributed by atoms with Gasteiger partial charge in [-0.3, -0.25) is 0 Å². The summed E-state index contributed by atoms with van der Waals surface area (Å²) in [5, 5.41) is 0. The van der Waals surface area contributed by atoms with Crippen molar-refractivity contribution in [1.29, 1.82) is 0 Å². The van der Waals surface area contributed by atoms with Gasteiger partial charge in [0.05, 0.1) is 12.2 Å². The van der Waals surface area contributed by atoms with Crippen molar-refractivity contribution in [2.45, 2.75) is 97.3 Å². The highest BCUT2D eigenvalue weighted by molar-refractivity contribution is 5.05. The third kappa shape index (κ3) is 3.48. The van der Waals surface area contributed by atoms with Crippen LogP contribution in [0.2, 0.25) is 0 Å². The molecule has 0 aromatic rings. The van der Waals surface area contributed by atoms with E-state index in [0.717, 1.165) is 19.3 Å².